The minimum atomic E-state index is -0.0787. The van der Waals surface area contributed by atoms with Gasteiger partial charge in [0.15, 0.2) is 0 Å². The van der Waals surface area contributed by atoms with Crippen LogP contribution in [0.5, 0.6) is 0 Å². The summed E-state index contributed by atoms with van der Waals surface area (Å²) in [6.07, 6.45) is 0.655. The SMILES string of the molecule is CC(=O)CC=O.[O]=[V]. The van der Waals surface area contributed by atoms with Crippen LogP contribution in [0.25, 0.3) is 0 Å². The van der Waals surface area contributed by atoms with Gasteiger partial charge in [-0.25, -0.2) is 0 Å². The Kier molecular flexibility index (Phi) is 13.2. The summed E-state index contributed by atoms with van der Waals surface area (Å²) in [6, 6.07) is 0. The van der Waals surface area contributed by atoms with Crippen molar-refractivity contribution in [2.24, 2.45) is 0 Å². The molecular formula is C4H6O3V. The van der Waals surface area contributed by atoms with Gasteiger partial charge in [-0.1, -0.05) is 0 Å². The van der Waals surface area contributed by atoms with Gasteiger partial charge in [0.2, 0.25) is 0 Å². The maximum absolute atomic E-state index is 9.81. The molecule has 0 heterocycles. The maximum atomic E-state index is 9.81. The van der Waals surface area contributed by atoms with E-state index in [9.17, 15) is 9.59 Å². The third kappa shape index (κ3) is 17.2. The summed E-state index contributed by atoms with van der Waals surface area (Å²) in [5.74, 6) is -0.0787. The molecule has 0 atom stereocenters. The summed E-state index contributed by atoms with van der Waals surface area (Å²) in [5.41, 5.74) is 0. The van der Waals surface area contributed by atoms with Gasteiger partial charge in [0.05, 0.1) is 6.42 Å². The summed E-state index contributed by atoms with van der Waals surface area (Å²) in [5, 5.41) is 0. The van der Waals surface area contributed by atoms with Gasteiger partial charge in [0, 0.05) is 0 Å². The van der Waals surface area contributed by atoms with Crippen molar-refractivity contribution in [3.8, 4) is 0 Å². The van der Waals surface area contributed by atoms with Crippen molar-refractivity contribution in [3.05, 3.63) is 0 Å². The summed E-state index contributed by atoms with van der Waals surface area (Å²) < 4.78 is 8.19. The molecule has 0 unspecified atom stereocenters. The molecule has 0 rings (SSSR count). The molecule has 0 amide bonds. The number of rotatable bonds is 2. The zero-order valence-corrected chi connectivity index (χ0v) is 5.85. The van der Waals surface area contributed by atoms with Crippen LogP contribution in [0.15, 0.2) is 0 Å². The van der Waals surface area contributed by atoms with Crippen molar-refractivity contribution in [2.75, 3.05) is 0 Å². The molecule has 0 aromatic carbocycles. The van der Waals surface area contributed by atoms with Crippen molar-refractivity contribution >= 4 is 12.1 Å². The van der Waals surface area contributed by atoms with E-state index in [0.717, 1.165) is 17.4 Å². The van der Waals surface area contributed by atoms with E-state index in [1.54, 1.807) is 0 Å². The number of Topliss-reactive ketones (excluding diaryl/α,β-unsaturated/α-hetero) is 1. The minimum absolute atomic E-state index is 0.0556. The summed E-state index contributed by atoms with van der Waals surface area (Å²) in [7, 11) is 0. The fraction of sp³-hybridized carbons (Fsp3) is 0.500. The zero-order valence-electron chi connectivity index (χ0n) is 4.46. The van der Waals surface area contributed by atoms with Gasteiger partial charge in [0.25, 0.3) is 0 Å². The van der Waals surface area contributed by atoms with Gasteiger partial charge in [-0.2, -0.15) is 0 Å². The third-order valence-corrected chi connectivity index (χ3v) is 0.371. The van der Waals surface area contributed by atoms with E-state index in [4.69, 9.17) is 3.67 Å². The van der Waals surface area contributed by atoms with Crippen LogP contribution in [-0.4, -0.2) is 12.1 Å². The van der Waals surface area contributed by atoms with E-state index < -0.39 is 0 Å². The molecular weight excluding hydrogens is 147 g/mol. The first-order chi connectivity index (χ1) is 3.77. The first-order valence-corrected chi connectivity index (χ1v) is 2.45. The number of carbonyl (C=O) groups is 2. The van der Waals surface area contributed by atoms with Crippen LogP contribution in [0.2, 0.25) is 0 Å². The molecule has 8 heavy (non-hydrogen) atoms. The van der Waals surface area contributed by atoms with Gasteiger partial charge in [-0.15, -0.1) is 0 Å². The number of hydrogen-bond donors (Lipinski definition) is 0. The van der Waals surface area contributed by atoms with Crippen LogP contribution < -0.4 is 0 Å². The molecule has 0 spiro atoms. The predicted molar refractivity (Wildman–Crippen MR) is 22.0 cm³/mol. The van der Waals surface area contributed by atoms with Crippen LogP contribution >= 0.6 is 0 Å². The van der Waals surface area contributed by atoms with Gasteiger partial charge in [-0.05, 0) is 6.92 Å². The molecule has 3 nitrogen and oxygen atoms in total. The van der Waals surface area contributed by atoms with E-state index in [2.05, 4.69) is 0 Å². The zero-order chi connectivity index (χ0) is 6.99. The first kappa shape index (κ1) is 10.7. The van der Waals surface area contributed by atoms with Crippen LogP contribution in [0.4, 0.5) is 0 Å². The van der Waals surface area contributed by atoms with Gasteiger partial charge in [-0.3, -0.25) is 4.79 Å². The Labute approximate surface area is 56.7 Å². The van der Waals surface area contributed by atoms with Gasteiger partial charge in [0.1, 0.15) is 12.1 Å². The molecule has 0 fully saturated rings. The summed E-state index contributed by atoms with van der Waals surface area (Å²) >= 11 is 1.06. The molecule has 0 N–H and O–H groups in total. The standard InChI is InChI=1S/C4H6O2.O.V/c1-4(6)2-3-5;;/h3H,2H2,1H3;;. The Morgan fingerprint density at radius 3 is 2.00 bits per heavy atom. The Morgan fingerprint density at radius 1 is 1.62 bits per heavy atom. The molecule has 0 aliphatic rings. The normalized spacial score (nSPS) is 6.00. The second-order valence-electron chi connectivity index (χ2n) is 1.07. The molecule has 0 aliphatic heterocycles. The second kappa shape index (κ2) is 9.87. The molecule has 0 saturated heterocycles. The Bertz CT molecular complexity index is 81.4. The molecule has 0 radical (unpaired) electrons. The van der Waals surface area contributed by atoms with Crippen LogP contribution in [-0.2, 0) is 30.6 Å². The second-order valence-corrected chi connectivity index (χ2v) is 1.07. The monoisotopic (exact) mass is 153 g/mol. The molecule has 0 aromatic heterocycles. The average Bonchev–Trinajstić information content (AvgIpc) is 1.72. The van der Waals surface area contributed by atoms with E-state index >= 15 is 0 Å². The average molecular weight is 153 g/mol. The Balaban J connectivity index is 0. The fourth-order valence-corrected chi connectivity index (χ4v) is 0.117. The molecule has 0 bridgehead atoms. The summed E-state index contributed by atoms with van der Waals surface area (Å²) in [6.45, 7) is 1.38. The Morgan fingerprint density at radius 2 is 2.00 bits per heavy atom. The van der Waals surface area contributed by atoms with Crippen molar-refractivity contribution < 1.29 is 30.6 Å². The molecule has 0 saturated carbocycles. The molecule has 45 valence electrons. The van der Waals surface area contributed by atoms with Crippen LogP contribution in [0.3, 0.4) is 0 Å². The first-order valence-electron chi connectivity index (χ1n) is 1.88. The van der Waals surface area contributed by atoms with Crippen molar-refractivity contribution in [3.63, 3.8) is 0 Å². The van der Waals surface area contributed by atoms with Crippen molar-refractivity contribution in [1.29, 1.82) is 0 Å². The van der Waals surface area contributed by atoms with Gasteiger partial charge >= 0.3 is 21.0 Å². The van der Waals surface area contributed by atoms with E-state index in [-0.39, 0.29) is 12.2 Å². The van der Waals surface area contributed by atoms with E-state index in [0.29, 0.717) is 6.29 Å². The van der Waals surface area contributed by atoms with E-state index in [1.807, 2.05) is 0 Å². The predicted octanol–water partition coefficient (Wildman–Crippen LogP) is 0.0431. The summed E-state index contributed by atoms with van der Waals surface area (Å²) in [4.78, 5) is 19.2. The number of hydrogen-bond acceptors (Lipinski definition) is 3. The van der Waals surface area contributed by atoms with E-state index in [1.165, 1.54) is 6.92 Å². The van der Waals surface area contributed by atoms with Gasteiger partial charge < -0.3 is 4.79 Å². The quantitative estimate of drug-likeness (QED) is 0.415. The van der Waals surface area contributed by atoms with Crippen LogP contribution in [0.1, 0.15) is 13.3 Å². The molecule has 0 aliphatic carbocycles. The van der Waals surface area contributed by atoms with Crippen LogP contribution in [0, 0.1) is 0 Å². The number of aldehydes is 1. The molecule has 0 aromatic rings. The van der Waals surface area contributed by atoms with Crippen molar-refractivity contribution in [1.82, 2.24) is 0 Å². The third-order valence-electron chi connectivity index (χ3n) is 0.371. The fourth-order valence-electron chi connectivity index (χ4n) is 0.117. The van der Waals surface area contributed by atoms with Crippen molar-refractivity contribution in [2.45, 2.75) is 13.3 Å². The number of carbonyl (C=O) groups excluding carboxylic acids is 2. The molecule has 4 heteroatoms. The number of ketones is 1. The topological polar surface area (TPSA) is 51.2 Å². The Hall–Kier alpha value is -0.276.